The number of benzene rings is 3. The number of fused-ring (bicyclic) bond motifs is 2. The maximum atomic E-state index is 13.2. The molecule has 2 aliphatic rings. The Bertz CT molecular complexity index is 1110. The number of amides is 1. The van der Waals surface area contributed by atoms with Crippen molar-refractivity contribution in [3.63, 3.8) is 0 Å². The summed E-state index contributed by atoms with van der Waals surface area (Å²) in [4.78, 5) is 15.1. The molecule has 146 valence electrons. The number of anilines is 1. The van der Waals surface area contributed by atoms with Crippen molar-refractivity contribution in [1.82, 2.24) is 4.90 Å². The summed E-state index contributed by atoms with van der Waals surface area (Å²) in [6.07, 6.45) is -0.232. The Balaban J connectivity index is 1.50. The molecule has 1 amide bonds. The summed E-state index contributed by atoms with van der Waals surface area (Å²) in [5.41, 5.74) is 6.19. The normalized spacial score (nSPS) is 16.8. The maximum Gasteiger partial charge on any atom is 0.256 e. The van der Waals surface area contributed by atoms with Gasteiger partial charge in [-0.15, -0.1) is 0 Å². The van der Waals surface area contributed by atoms with Crippen molar-refractivity contribution in [2.75, 3.05) is 12.1 Å². The lowest BCUT2D eigenvalue weighted by molar-refractivity contribution is 0.0728. The molecule has 5 nitrogen and oxygen atoms in total. The number of aryl methyl sites for hydroxylation is 1. The second-order valence-corrected chi connectivity index (χ2v) is 7.50. The highest BCUT2D eigenvalue weighted by Gasteiger charge is 2.36. The van der Waals surface area contributed by atoms with E-state index in [9.17, 15) is 4.79 Å². The second kappa shape index (κ2) is 6.85. The topological polar surface area (TPSA) is 50.8 Å². The second-order valence-electron chi connectivity index (χ2n) is 7.50. The van der Waals surface area contributed by atoms with E-state index in [0.29, 0.717) is 6.54 Å². The summed E-state index contributed by atoms with van der Waals surface area (Å²) in [6, 6.07) is 19.8. The van der Waals surface area contributed by atoms with Crippen molar-refractivity contribution >= 4 is 11.6 Å². The predicted octanol–water partition coefficient (Wildman–Crippen LogP) is 4.80. The third kappa shape index (κ3) is 2.99. The van der Waals surface area contributed by atoms with Gasteiger partial charge in [-0.05, 0) is 54.8 Å². The van der Waals surface area contributed by atoms with Crippen LogP contribution in [-0.4, -0.2) is 17.6 Å². The molecule has 3 aromatic rings. The van der Waals surface area contributed by atoms with Crippen molar-refractivity contribution < 1.29 is 14.3 Å². The lowest BCUT2D eigenvalue weighted by Crippen LogP contribution is -2.32. The SMILES string of the molecule is Cc1cccc(NC2c3ccccc3C(=O)N2Cc2ccc3c(c2)OCO3)c1C. The largest absolute Gasteiger partial charge is 0.454 e. The van der Waals surface area contributed by atoms with Gasteiger partial charge in [-0.25, -0.2) is 0 Å². The van der Waals surface area contributed by atoms with Crippen molar-refractivity contribution in [3.05, 3.63) is 88.5 Å². The van der Waals surface area contributed by atoms with Crippen LogP contribution in [0.2, 0.25) is 0 Å². The molecule has 1 N–H and O–H groups in total. The van der Waals surface area contributed by atoms with Crippen LogP contribution in [-0.2, 0) is 6.54 Å². The fourth-order valence-electron chi connectivity index (χ4n) is 3.98. The lowest BCUT2D eigenvalue weighted by atomic mass is 10.1. The first-order valence-corrected chi connectivity index (χ1v) is 9.73. The molecule has 0 saturated heterocycles. The first-order valence-electron chi connectivity index (χ1n) is 9.73. The van der Waals surface area contributed by atoms with Gasteiger partial charge in [-0.3, -0.25) is 4.79 Å². The average Bonchev–Trinajstić information content (AvgIpc) is 3.30. The minimum absolute atomic E-state index is 0.0288. The number of nitrogens with zero attached hydrogens (tertiary/aromatic N) is 1. The van der Waals surface area contributed by atoms with E-state index in [1.807, 2.05) is 53.4 Å². The molecule has 1 atom stereocenters. The molecule has 0 bridgehead atoms. The van der Waals surface area contributed by atoms with Crippen LogP contribution in [0.5, 0.6) is 11.5 Å². The van der Waals surface area contributed by atoms with E-state index in [4.69, 9.17) is 9.47 Å². The lowest BCUT2D eigenvalue weighted by Gasteiger charge is -2.28. The van der Waals surface area contributed by atoms with E-state index >= 15 is 0 Å². The van der Waals surface area contributed by atoms with E-state index < -0.39 is 0 Å². The molecule has 0 aromatic heterocycles. The summed E-state index contributed by atoms with van der Waals surface area (Å²) in [6.45, 7) is 4.91. The standard InChI is InChI=1S/C24H22N2O3/c1-15-6-5-9-20(16(15)2)25-23-18-7-3-4-8-19(18)24(27)26(23)13-17-10-11-21-22(12-17)29-14-28-21/h3-12,23,25H,13-14H2,1-2H3. The summed E-state index contributed by atoms with van der Waals surface area (Å²) in [5.74, 6) is 1.50. The van der Waals surface area contributed by atoms with Gasteiger partial charge in [0.15, 0.2) is 11.5 Å². The van der Waals surface area contributed by atoms with Crippen LogP contribution < -0.4 is 14.8 Å². The van der Waals surface area contributed by atoms with Gasteiger partial charge in [0.2, 0.25) is 6.79 Å². The molecule has 0 spiro atoms. The minimum Gasteiger partial charge on any atom is -0.454 e. The molecule has 0 aliphatic carbocycles. The summed E-state index contributed by atoms with van der Waals surface area (Å²) in [5, 5.41) is 3.61. The van der Waals surface area contributed by atoms with Crippen molar-refractivity contribution in [3.8, 4) is 11.5 Å². The first kappa shape index (κ1) is 17.6. The Morgan fingerprint density at radius 1 is 1.00 bits per heavy atom. The molecule has 0 saturated carbocycles. The molecule has 1 unspecified atom stereocenters. The third-order valence-electron chi connectivity index (χ3n) is 5.75. The number of carbonyl (C=O) groups excluding carboxylic acids is 1. The molecule has 0 radical (unpaired) electrons. The monoisotopic (exact) mass is 386 g/mol. The Morgan fingerprint density at radius 2 is 1.83 bits per heavy atom. The highest BCUT2D eigenvalue weighted by molar-refractivity contribution is 5.99. The average molecular weight is 386 g/mol. The molecule has 3 aromatic carbocycles. The van der Waals surface area contributed by atoms with Gasteiger partial charge in [0.25, 0.3) is 5.91 Å². The number of carbonyl (C=O) groups is 1. The summed E-state index contributed by atoms with van der Waals surface area (Å²) >= 11 is 0. The van der Waals surface area contributed by atoms with Crippen molar-refractivity contribution in [1.29, 1.82) is 0 Å². The van der Waals surface area contributed by atoms with E-state index in [1.54, 1.807) is 0 Å². The summed E-state index contributed by atoms with van der Waals surface area (Å²) in [7, 11) is 0. The molecule has 2 heterocycles. The molecule has 5 rings (SSSR count). The number of hydrogen-bond acceptors (Lipinski definition) is 4. The Hall–Kier alpha value is -3.47. The van der Waals surface area contributed by atoms with Crippen LogP contribution in [0.25, 0.3) is 0 Å². The fourth-order valence-corrected chi connectivity index (χ4v) is 3.98. The zero-order valence-corrected chi connectivity index (χ0v) is 16.4. The smallest absolute Gasteiger partial charge is 0.256 e. The number of rotatable bonds is 4. The molecular formula is C24H22N2O3. The maximum absolute atomic E-state index is 13.2. The molecular weight excluding hydrogens is 364 g/mol. The van der Waals surface area contributed by atoms with E-state index in [1.165, 1.54) is 11.1 Å². The van der Waals surface area contributed by atoms with E-state index in [0.717, 1.165) is 33.9 Å². The molecule has 29 heavy (non-hydrogen) atoms. The van der Waals surface area contributed by atoms with Crippen LogP contribution in [0.1, 0.15) is 38.8 Å². The Kier molecular flexibility index (Phi) is 4.16. The number of hydrogen-bond donors (Lipinski definition) is 1. The highest BCUT2D eigenvalue weighted by Crippen LogP contribution is 2.38. The van der Waals surface area contributed by atoms with Crippen LogP contribution in [0.4, 0.5) is 5.69 Å². The zero-order chi connectivity index (χ0) is 20.0. The van der Waals surface area contributed by atoms with Gasteiger partial charge in [0, 0.05) is 23.4 Å². The van der Waals surface area contributed by atoms with Crippen LogP contribution >= 0.6 is 0 Å². The van der Waals surface area contributed by atoms with Gasteiger partial charge < -0.3 is 19.7 Å². The van der Waals surface area contributed by atoms with Crippen LogP contribution in [0, 0.1) is 13.8 Å². The van der Waals surface area contributed by atoms with Gasteiger partial charge in [-0.1, -0.05) is 36.4 Å². The van der Waals surface area contributed by atoms with Gasteiger partial charge >= 0.3 is 0 Å². The number of nitrogens with one attached hydrogen (secondary N) is 1. The van der Waals surface area contributed by atoms with E-state index in [-0.39, 0.29) is 18.9 Å². The molecule has 0 fully saturated rings. The highest BCUT2D eigenvalue weighted by atomic mass is 16.7. The van der Waals surface area contributed by atoms with Crippen LogP contribution in [0.3, 0.4) is 0 Å². The number of ether oxygens (including phenoxy) is 2. The van der Waals surface area contributed by atoms with Crippen molar-refractivity contribution in [2.24, 2.45) is 0 Å². The fraction of sp³-hybridized carbons (Fsp3) is 0.208. The van der Waals surface area contributed by atoms with Gasteiger partial charge in [-0.2, -0.15) is 0 Å². The minimum atomic E-state index is -0.232. The predicted molar refractivity (Wildman–Crippen MR) is 111 cm³/mol. The van der Waals surface area contributed by atoms with Gasteiger partial charge in [0.05, 0.1) is 0 Å². The van der Waals surface area contributed by atoms with E-state index in [2.05, 4.69) is 31.3 Å². The first-order chi connectivity index (χ1) is 14.1. The molecule has 5 heteroatoms. The van der Waals surface area contributed by atoms with Crippen LogP contribution in [0.15, 0.2) is 60.7 Å². The summed E-state index contributed by atoms with van der Waals surface area (Å²) < 4.78 is 10.9. The zero-order valence-electron chi connectivity index (χ0n) is 16.4. The third-order valence-corrected chi connectivity index (χ3v) is 5.75. The van der Waals surface area contributed by atoms with Crippen molar-refractivity contribution in [2.45, 2.75) is 26.6 Å². The van der Waals surface area contributed by atoms with Gasteiger partial charge in [0.1, 0.15) is 6.17 Å². The quantitative estimate of drug-likeness (QED) is 0.700. The molecule has 2 aliphatic heterocycles. The Labute approximate surface area is 169 Å². The Morgan fingerprint density at radius 3 is 2.72 bits per heavy atom.